The van der Waals surface area contributed by atoms with Crippen molar-refractivity contribution in [3.8, 4) is 5.75 Å². The molecule has 0 radical (unpaired) electrons. The number of aryl methyl sites for hydroxylation is 2. The molecule has 0 N–H and O–H groups in total. The number of carbonyl (C=O) groups excluding carboxylic acids is 1. The van der Waals surface area contributed by atoms with Crippen molar-refractivity contribution in [1.29, 1.82) is 0 Å². The highest BCUT2D eigenvalue weighted by atomic mass is 35.5. The number of amides is 1. The summed E-state index contributed by atoms with van der Waals surface area (Å²) in [4.78, 5) is 14.2. The molecule has 7 heteroatoms. The molecule has 0 aliphatic heterocycles. The van der Waals surface area contributed by atoms with Gasteiger partial charge in [-0.25, -0.2) is 0 Å². The monoisotopic (exact) mass is 387 g/mol. The van der Waals surface area contributed by atoms with Gasteiger partial charge >= 0.3 is 0 Å². The van der Waals surface area contributed by atoms with Gasteiger partial charge in [-0.15, -0.1) is 0 Å². The van der Waals surface area contributed by atoms with Crippen molar-refractivity contribution in [3.63, 3.8) is 0 Å². The van der Waals surface area contributed by atoms with Gasteiger partial charge in [-0.1, -0.05) is 11.6 Å². The quantitative estimate of drug-likeness (QED) is 0.606. The Morgan fingerprint density at radius 3 is 2.85 bits per heavy atom. The molecule has 0 bridgehead atoms. The summed E-state index contributed by atoms with van der Waals surface area (Å²) in [5.74, 6) is 1.41. The maximum Gasteiger partial charge on any atom is 0.289 e. The second-order valence-electron chi connectivity index (χ2n) is 6.26. The third-order valence-corrected chi connectivity index (χ3v) is 4.46. The van der Waals surface area contributed by atoms with Crippen molar-refractivity contribution in [1.82, 2.24) is 14.7 Å². The minimum absolute atomic E-state index is 0.187. The van der Waals surface area contributed by atoms with Gasteiger partial charge < -0.3 is 14.1 Å². The Bertz CT molecular complexity index is 932. The molecule has 0 unspecified atom stereocenters. The zero-order valence-corrected chi connectivity index (χ0v) is 16.4. The number of nitrogens with zero attached hydrogens (tertiary/aromatic N) is 3. The molecule has 0 fully saturated rings. The van der Waals surface area contributed by atoms with E-state index in [1.807, 2.05) is 36.7 Å². The molecule has 3 rings (SSSR count). The molecular weight excluding hydrogens is 366 g/mol. The van der Waals surface area contributed by atoms with Gasteiger partial charge in [0, 0.05) is 24.8 Å². The van der Waals surface area contributed by atoms with E-state index >= 15 is 0 Å². The largest absolute Gasteiger partial charge is 0.485 e. The van der Waals surface area contributed by atoms with E-state index in [2.05, 4.69) is 5.10 Å². The summed E-state index contributed by atoms with van der Waals surface area (Å²) in [6, 6.07) is 10.8. The van der Waals surface area contributed by atoms with Crippen LogP contribution >= 0.6 is 11.6 Å². The lowest BCUT2D eigenvalue weighted by Crippen LogP contribution is -2.27. The van der Waals surface area contributed by atoms with Crippen molar-refractivity contribution in [2.75, 3.05) is 7.05 Å². The van der Waals surface area contributed by atoms with Crippen LogP contribution in [0.25, 0.3) is 0 Å². The number of carbonyl (C=O) groups is 1. The highest BCUT2D eigenvalue weighted by Crippen LogP contribution is 2.23. The molecule has 0 saturated heterocycles. The Hall–Kier alpha value is -2.73. The Morgan fingerprint density at radius 1 is 1.30 bits per heavy atom. The number of benzene rings is 1. The summed E-state index contributed by atoms with van der Waals surface area (Å²) in [5, 5.41) is 4.88. The first-order valence-corrected chi connectivity index (χ1v) is 9.09. The molecule has 0 atom stereocenters. The molecule has 0 aliphatic carbocycles. The topological polar surface area (TPSA) is 60.5 Å². The van der Waals surface area contributed by atoms with Gasteiger partial charge in [-0.3, -0.25) is 9.48 Å². The number of halogens is 1. The SMILES string of the molecule is CCn1nccc1CN(C)C(=O)c1ccc(COc2ccc(Cl)cc2C)o1. The summed E-state index contributed by atoms with van der Waals surface area (Å²) < 4.78 is 13.3. The van der Waals surface area contributed by atoms with Crippen LogP contribution in [0.1, 0.15) is 34.5 Å². The summed E-state index contributed by atoms with van der Waals surface area (Å²) in [6.45, 7) is 5.40. The molecule has 0 spiro atoms. The molecule has 2 aromatic heterocycles. The van der Waals surface area contributed by atoms with Gasteiger partial charge in [0.05, 0.1) is 12.2 Å². The van der Waals surface area contributed by atoms with Crippen LogP contribution in [0.3, 0.4) is 0 Å². The summed E-state index contributed by atoms with van der Waals surface area (Å²) >= 11 is 5.95. The average molecular weight is 388 g/mol. The van der Waals surface area contributed by atoms with Crippen LogP contribution in [0.4, 0.5) is 0 Å². The number of furan rings is 1. The lowest BCUT2D eigenvalue weighted by atomic mass is 10.2. The Balaban J connectivity index is 1.61. The smallest absolute Gasteiger partial charge is 0.289 e. The highest BCUT2D eigenvalue weighted by molar-refractivity contribution is 6.30. The fourth-order valence-electron chi connectivity index (χ4n) is 2.78. The Morgan fingerprint density at radius 2 is 2.11 bits per heavy atom. The van der Waals surface area contributed by atoms with Gasteiger partial charge in [0.1, 0.15) is 18.1 Å². The first-order chi connectivity index (χ1) is 13.0. The van der Waals surface area contributed by atoms with Gasteiger partial charge in [0.2, 0.25) is 0 Å². The van der Waals surface area contributed by atoms with Crippen molar-refractivity contribution < 1.29 is 13.9 Å². The van der Waals surface area contributed by atoms with E-state index in [-0.39, 0.29) is 18.3 Å². The maximum atomic E-state index is 12.6. The van der Waals surface area contributed by atoms with E-state index in [4.69, 9.17) is 20.8 Å². The summed E-state index contributed by atoms with van der Waals surface area (Å²) in [5.41, 5.74) is 1.92. The minimum atomic E-state index is -0.187. The van der Waals surface area contributed by atoms with E-state index in [0.717, 1.165) is 23.6 Å². The number of rotatable bonds is 7. The van der Waals surface area contributed by atoms with Crippen LogP contribution in [0.15, 0.2) is 47.0 Å². The van der Waals surface area contributed by atoms with Gasteiger partial charge in [0.25, 0.3) is 5.91 Å². The molecular formula is C20H22ClN3O3. The third kappa shape index (κ3) is 4.52. The molecule has 142 valence electrons. The normalized spacial score (nSPS) is 10.8. The summed E-state index contributed by atoms with van der Waals surface area (Å²) in [6.07, 6.45) is 1.73. The average Bonchev–Trinajstić information content (AvgIpc) is 3.29. The number of ether oxygens (including phenoxy) is 1. The second kappa shape index (κ2) is 8.31. The van der Waals surface area contributed by atoms with E-state index < -0.39 is 0 Å². The first kappa shape index (κ1) is 19.0. The van der Waals surface area contributed by atoms with E-state index in [9.17, 15) is 4.79 Å². The number of aromatic nitrogens is 2. The van der Waals surface area contributed by atoms with E-state index in [1.54, 1.807) is 36.3 Å². The third-order valence-electron chi connectivity index (χ3n) is 4.23. The van der Waals surface area contributed by atoms with E-state index in [1.165, 1.54) is 0 Å². The van der Waals surface area contributed by atoms with Crippen LogP contribution in [-0.4, -0.2) is 27.6 Å². The standard InChI is InChI=1S/C20H22ClN3O3/c1-4-24-16(9-10-22-24)12-23(3)20(25)19-8-6-17(27-19)13-26-18-7-5-15(21)11-14(18)2/h5-11H,4,12-13H2,1-3H3. The molecule has 1 aromatic carbocycles. The highest BCUT2D eigenvalue weighted by Gasteiger charge is 2.18. The number of hydrogen-bond donors (Lipinski definition) is 0. The van der Waals surface area contributed by atoms with Gasteiger partial charge in [-0.2, -0.15) is 5.10 Å². The number of hydrogen-bond acceptors (Lipinski definition) is 4. The van der Waals surface area contributed by atoms with Crippen LogP contribution in [0, 0.1) is 6.92 Å². The second-order valence-corrected chi connectivity index (χ2v) is 6.70. The predicted octanol–water partition coefficient (Wildman–Crippen LogP) is 4.31. The summed E-state index contributed by atoms with van der Waals surface area (Å²) in [7, 11) is 1.74. The van der Waals surface area contributed by atoms with Crippen LogP contribution in [0.5, 0.6) is 5.75 Å². The molecule has 1 amide bonds. The fourth-order valence-corrected chi connectivity index (χ4v) is 3.00. The molecule has 0 aliphatic rings. The lowest BCUT2D eigenvalue weighted by Gasteiger charge is -2.16. The zero-order valence-electron chi connectivity index (χ0n) is 15.6. The molecule has 27 heavy (non-hydrogen) atoms. The van der Waals surface area contributed by atoms with Crippen LogP contribution in [-0.2, 0) is 19.7 Å². The maximum absolute atomic E-state index is 12.6. The molecule has 2 heterocycles. The lowest BCUT2D eigenvalue weighted by molar-refractivity contribution is 0.0745. The van der Waals surface area contributed by atoms with Gasteiger partial charge in [0.15, 0.2) is 5.76 Å². The first-order valence-electron chi connectivity index (χ1n) is 8.71. The van der Waals surface area contributed by atoms with E-state index in [0.29, 0.717) is 17.3 Å². The van der Waals surface area contributed by atoms with Crippen molar-refractivity contribution in [2.45, 2.75) is 33.5 Å². The predicted molar refractivity (Wildman–Crippen MR) is 103 cm³/mol. The van der Waals surface area contributed by atoms with Crippen molar-refractivity contribution >= 4 is 17.5 Å². The molecule has 0 saturated carbocycles. The van der Waals surface area contributed by atoms with Crippen molar-refractivity contribution in [3.05, 3.63) is 70.4 Å². The Kier molecular flexibility index (Phi) is 5.86. The molecule has 3 aromatic rings. The van der Waals surface area contributed by atoms with Gasteiger partial charge in [-0.05, 0) is 55.8 Å². The fraction of sp³-hybridized carbons (Fsp3) is 0.300. The minimum Gasteiger partial charge on any atom is -0.485 e. The van der Waals surface area contributed by atoms with Crippen LogP contribution in [0.2, 0.25) is 5.02 Å². The zero-order chi connectivity index (χ0) is 19.4. The van der Waals surface area contributed by atoms with Crippen LogP contribution < -0.4 is 4.74 Å². The molecule has 6 nitrogen and oxygen atoms in total. The Labute approximate surface area is 163 Å². The van der Waals surface area contributed by atoms with Crippen molar-refractivity contribution in [2.24, 2.45) is 0 Å².